The lowest BCUT2D eigenvalue weighted by atomic mass is 10.0. The quantitative estimate of drug-likeness (QED) is 0.581. The van der Waals surface area contributed by atoms with Crippen LogP contribution < -0.4 is 5.32 Å². The molecule has 1 atom stereocenters. The third-order valence-electron chi connectivity index (χ3n) is 3.31. The molecule has 0 aromatic carbocycles. The predicted octanol–water partition coefficient (Wildman–Crippen LogP) is 4.03. The van der Waals surface area contributed by atoms with Gasteiger partial charge < -0.3 is 9.73 Å². The van der Waals surface area contributed by atoms with Crippen molar-refractivity contribution in [2.75, 3.05) is 6.54 Å². The molecule has 0 fully saturated rings. The highest BCUT2D eigenvalue weighted by Crippen LogP contribution is 2.17. The molecule has 106 valence electrons. The van der Waals surface area contributed by atoms with Crippen molar-refractivity contribution in [2.24, 2.45) is 5.92 Å². The molecule has 2 aromatic rings. The van der Waals surface area contributed by atoms with Crippen LogP contribution in [0.3, 0.4) is 0 Å². The second-order valence-electron chi connectivity index (χ2n) is 5.12. The monoisotopic (exact) mass is 270 g/mol. The van der Waals surface area contributed by atoms with Gasteiger partial charge in [0.1, 0.15) is 5.69 Å². The number of pyridine rings is 1. The molecular formula is C17H22N2O. The molecule has 1 N–H and O–H groups in total. The Morgan fingerprint density at radius 2 is 2.30 bits per heavy atom. The molecule has 2 heterocycles. The Hall–Kier alpha value is -1.87. The molecule has 1 unspecified atom stereocenters. The van der Waals surface area contributed by atoms with Crippen LogP contribution in [0.2, 0.25) is 0 Å². The Labute approximate surface area is 120 Å². The number of hydrogen-bond acceptors (Lipinski definition) is 3. The summed E-state index contributed by atoms with van der Waals surface area (Å²) in [6, 6.07) is 7.87. The lowest BCUT2D eigenvalue weighted by molar-refractivity contribution is 0.506. The highest BCUT2D eigenvalue weighted by molar-refractivity contribution is 5.51. The molecule has 0 saturated carbocycles. The molecule has 3 heteroatoms. The largest absolute Gasteiger partial charge is 0.463 e. The standard InChI is InChI=1S/C17H22N2O/c1-3-5-14(2)9-10-18-12-15-7-8-16(19-13-15)17-6-4-11-20-17/h3-4,6-8,11,13-14,18H,1,5,9-10,12H2,2H3. The van der Waals surface area contributed by atoms with Gasteiger partial charge in [0, 0.05) is 12.7 Å². The van der Waals surface area contributed by atoms with E-state index < -0.39 is 0 Å². The lowest BCUT2D eigenvalue weighted by Gasteiger charge is -2.09. The highest BCUT2D eigenvalue weighted by atomic mass is 16.3. The van der Waals surface area contributed by atoms with Crippen molar-refractivity contribution in [3.05, 3.63) is 54.9 Å². The second-order valence-corrected chi connectivity index (χ2v) is 5.12. The van der Waals surface area contributed by atoms with E-state index in [1.807, 2.05) is 30.5 Å². The number of nitrogens with zero attached hydrogens (tertiary/aromatic N) is 1. The Balaban J connectivity index is 1.75. The minimum Gasteiger partial charge on any atom is -0.463 e. The maximum absolute atomic E-state index is 5.32. The van der Waals surface area contributed by atoms with Crippen molar-refractivity contribution in [2.45, 2.75) is 26.3 Å². The average molecular weight is 270 g/mol. The van der Waals surface area contributed by atoms with E-state index in [2.05, 4.69) is 29.9 Å². The molecule has 0 spiro atoms. The van der Waals surface area contributed by atoms with Gasteiger partial charge in [0.15, 0.2) is 5.76 Å². The van der Waals surface area contributed by atoms with E-state index >= 15 is 0 Å². The number of nitrogens with one attached hydrogen (secondary N) is 1. The fourth-order valence-electron chi connectivity index (χ4n) is 2.08. The van der Waals surface area contributed by atoms with Crippen LogP contribution in [-0.2, 0) is 6.54 Å². The number of furan rings is 1. The van der Waals surface area contributed by atoms with Gasteiger partial charge in [-0.3, -0.25) is 4.98 Å². The van der Waals surface area contributed by atoms with Gasteiger partial charge in [0.2, 0.25) is 0 Å². The molecule has 2 aromatic heterocycles. The first-order valence-electron chi connectivity index (χ1n) is 7.10. The van der Waals surface area contributed by atoms with Crippen LogP contribution in [-0.4, -0.2) is 11.5 Å². The summed E-state index contributed by atoms with van der Waals surface area (Å²) in [7, 11) is 0. The summed E-state index contributed by atoms with van der Waals surface area (Å²) >= 11 is 0. The Morgan fingerprint density at radius 3 is 2.95 bits per heavy atom. The zero-order chi connectivity index (χ0) is 14.2. The normalized spacial score (nSPS) is 12.2. The van der Waals surface area contributed by atoms with Crippen LogP contribution in [0.25, 0.3) is 11.5 Å². The first kappa shape index (κ1) is 14.5. The fourth-order valence-corrected chi connectivity index (χ4v) is 2.08. The Morgan fingerprint density at radius 1 is 1.40 bits per heavy atom. The summed E-state index contributed by atoms with van der Waals surface area (Å²) in [6.45, 7) is 7.90. The van der Waals surface area contributed by atoms with Gasteiger partial charge in [-0.2, -0.15) is 0 Å². The van der Waals surface area contributed by atoms with Crippen molar-refractivity contribution in [3.63, 3.8) is 0 Å². The minimum atomic E-state index is 0.694. The molecule has 0 saturated heterocycles. The summed E-state index contributed by atoms with van der Waals surface area (Å²) in [5, 5.41) is 3.45. The Kier molecular flexibility index (Phi) is 5.56. The second kappa shape index (κ2) is 7.65. The summed E-state index contributed by atoms with van der Waals surface area (Å²) in [5.74, 6) is 1.50. The highest BCUT2D eigenvalue weighted by Gasteiger charge is 2.02. The van der Waals surface area contributed by atoms with Gasteiger partial charge in [-0.25, -0.2) is 0 Å². The van der Waals surface area contributed by atoms with Crippen molar-refractivity contribution in [1.82, 2.24) is 10.3 Å². The molecule has 2 rings (SSSR count). The van der Waals surface area contributed by atoms with E-state index in [9.17, 15) is 0 Å². The van der Waals surface area contributed by atoms with Gasteiger partial charge in [0.05, 0.1) is 6.26 Å². The van der Waals surface area contributed by atoms with E-state index in [4.69, 9.17) is 4.42 Å². The van der Waals surface area contributed by atoms with Crippen molar-refractivity contribution in [3.8, 4) is 11.5 Å². The van der Waals surface area contributed by atoms with E-state index in [1.54, 1.807) is 6.26 Å². The first-order valence-corrected chi connectivity index (χ1v) is 7.10. The number of allylic oxidation sites excluding steroid dienone is 1. The van der Waals surface area contributed by atoms with Gasteiger partial charge in [-0.15, -0.1) is 6.58 Å². The van der Waals surface area contributed by atoms with E-state index in [0.29, 0.717) is 5.92 Å². The van der Waals surface area contributed by atoms with Crippen LogP contribution in [0, 0.1) is 5.92 Å². The molecule has 0 aliphatic carbocycles. The summed E-state index contributed by atoms with van der Waals surface area (Å²) in [6.07, 6.45) is 7.81. The van der Waals surface area contributed by atoms with Crippen molar-refractivity contribution in [1.29, 1.82) is 0 Å². The zero-order valence-electron chi connectivity index (χ0n) is 12.0. The SMILES string of the molecule is C=CCC(C)CCNCc1ccc(-c2ccco2)nc1. The maximum atomic E-state index is 5.32. The Bertz CT molecular complexity index is 502. The van der Waals surface area contributed by atoms with Crippen LogP contribution >= 0.6 is 0 Å². The van der Waals surface area contributed by atoms with Crippen LogP contribution in [0.5, 0.6) is 0 Å². The van der Waals surface area contributed by atoms with E-state index in [1.165, 1.54) is 12.0 Å². The molecule has 20 heavy (non-hydrogen) atoms. The summed E-state index contributed by atoms with van der Waals surface area (Å²) in [4.78, 5) is 4.42. The maximum Gasteiger partial charge on any atom is 0.152 e. The molecule has 0 amide bonds. The molecule has 0 aliphatic heterocycles. The number of rotatable bonds is 8. The first-order chi connectivity index (χ1) is 9.79. The molecule has 3 nitrogen and oxygen atoms in total. The van der Waals surface area contributed by atoms with Crippen LogP contribution in [0.15, 0.2) is 53.8 Å². The van der Waals surface area contributed by atoms with Gasteiger partial charge >= 0.3 is 0 Å². The van der Waals surface area contributed by atoms with E-state index in [-0.39, 0.29) is 0 Å². The van der Waals surface area contributed by atoms with Gasteiger partial charge in [-0.1, -0.05) is 19.1 Å². The topological polar surface area (TPSA) is 38.1 Å². The van der Waals surface area contributed by atoms with Gasteiger partial charge in [-0.05, 0) is 49.1 Å². The lowest BCUT2D eigenvalue weighted by Crippen LogP contribution is -2.17. The van der Waals surface area contributed by atoms with Crippen LogP contribution in [0.1, 0.15) is 25.3 Å². The molecule has 0 radical (unpaired) electrons. The zero-order valence-corrected chi connectivity index (χ0v) is 12.0. The third-order valence-corrected chi connectivity index (χ3v) is 3.31. The third kappa shape index (κ3) is 4.35. The van der Waals surface area contributed by atoms with Crippen LogP contribution in [0.4, 0.5) is 0 Å². The predicted molar refractivity (Wildman–Crippen MR) is 82.2 cm³/mol. The molecular weight excluding hydrogens is 248 g/mol. The average Bonchev–Trinajstić information content (AvgIpc) is 2.99. The smallest absolute Gasteiger partial charge is 0.152 e. The van der Waals surface area contributed by atoms with Crippen molar-refractivity contribution >= 4 is 0 Å². The number of aromatic nitrogens is 1. The molecule has 0 aliphatic rings. The molecule has 0 bridgehead atoms. The summed E-state index contributed by atoms with van der Waals surface area (Å²) in [5.41, 5.74) is 2.06. The van der Waals surface area contributed by atoms with Crippen molar-refractivity contribution < 1.29 is 4.42 Å². The minimum absolute atomic E-state index is 0.694. The van der Waals surface area contributed by atoms with Gasteiger partial charge in [0.25, 0.3) is 0 Å². The van der Waals surface area contributed by atoms with E-state index in [0.717, 1.165) is 31.0 Å². The summed E-state index contributed by atoms with van der Waals surface area (Å²) < 4.78 is 5.32. The number of hydrogen-bond donors (Lipinski definition) is 1. The fraction of sp³-hybridized carbons (Fsp3) is 0.353.